The van der Waals surface area contributed by atoms with E-state index in [1.54, 1.807) is 6.07 Å². The number of nitrogens with one attached hydrogen (secondary N) is 1. The van der Waals surface area contributed by atoms with Crippen LogP contribution < -0.4 is 11.1 Å². The van der Waals surface area contributed by atoms with Crippen molar-refractivity contribution < 1.29 is 18.3 Å². The fourth-order valence-corrected chi connectivity index (χ4v) is 5.90. The molecule has 3 aromatic rings. The van der Waals surface area contributed by atoms with Crippen molar-refractivity contribution in [1.82, 2.24) is 15.0 Å². The molecule has 1 aromatic carbocycles. The number of hydrogen-bond donors (Lipinski definition) is 3. The molecule has 0 spiro atoms. The minimum Gasteiger partial charge on any atom is -0.395 e. The summed E-state index contributed by atoms with van der Waals surface area (Å²) in [6.45, 7) is 0.576. The summed E-state index contributed by atoms with van der Waals surface area (Å²) in [5, 5.41) is 21.6. The lowest BCUT2D eigenvalue weighted by Crippen LogP contribution is -2.37. The highest BCUT2D eigenvalue weighted by atomic mass is 32.2. The van der Waals surface area contributed by atoms with Crippen LogP contribution in [-0.4, -0.2) is 42.5 Å². The second-order valence-electron chi connectivity index (χ2n) is 8.05. The van der Waals surface area contributed by atoms with Crippen LogP contribution in [0.3, 0.4) is 0 Å². The standard InChI is InChI=1S/C21H16F3N7OS/c1-19(17-20(8-32,21(17,23)24)33-18(26)31-19)12-5-11(2-3-13(12)22)30-16-15-14(28-9-29-16)4-10(6-25)7-27-15/h2-5,7,9,17,32H,8H2,1H3,(H2,26,31)(H,28,29,30)/t17-,19+,20+/m0/s1. The SMILES string of the molecule is C[C@]1(c2cc(Nc3ncnc4cc(C#N)cnc34)ccc2F)N=C(N)S[C@]2(CO)[C@H]1C2(F)F. The van der Waals surface area contributed by atoms with E-state index in [0.717, 1.165) is 6.07 Å². The second-order valence-corrected chi connectivity index (χ2v) is 9.40. The lowest BCUT2D eigenvalue weighted by Gasteiger charge is -2.32. The van der Waals surface area contributed by atoms with Crippen LogP contribution in [-0.2, 0) is 5.54 Å². The second kappa shape index (κ2) is 7.03. The smallest absolute Gasteiger partial charge is 0.272 e. The number of halogens is 3. The minimum absolute atomic E-state index is 0.0890. The van der Waals surface area contributed by atoms with Gasteiger partial charge < -0.3 is 16.2 Å². The zero-order valence-corrected chi connectivity index (χ0v) is 17.9. The Hall–Kier alpha value is -3.43. The van der Waals surface area contributed by atoms with Gasteiger partial charge in [-0.3, -0.25) is 4.99 Å². The van der Waals surface area contributed by atoms with Crippen LogP contribution in [0.5, 0.6) is 0 Å². The Morgan fingerprint density at radius 3 is 2.79 bits per heavy atom. The van der Waals surface area contributed by atoms with Crippen LogP contribution in [0.25, 0.3) is 11.0 Å². The quantitative estimate of drug-likeness (QED) is 0.529. The third kappa shape index (κ3) is 2.96. The van der Waals surface area contributed by atoms with Gasteiger partial charge in [-0.15, -0.1) is 0 Å². The number of aliphatic hydroxyl groups is 1. The zero-order valence-electron chi connectivity index (χ0n) is 17.1. The number of amidine groups is 1. The molecule has 2 aliphatic rings. The number of nitrogens with zero attached hydrogens (tertiary/aromatic N) is 5. The number of aliphatic hydroxyl groups excluding tert-OH is 1. The maximum absolute atomic E-state index is 15.0. The van der Waals surface area contributed by atoms with E-state index in [-0.39, 0.29) is 16.5 Å². The molecule has 3 atom stereocenters. The Balaban J connectivity index is 1.57. The van der Waals surface area contributed by atoms with Gasteiger partial charge in [0.25, 0.3) is 5.92 Å². The number of thioether (sulfide) groups is 1. The van der Waals surface area contributed by atoms with E-state index in [0.29, 0.717) is 34.0 Å². The molecule has 8 nitrogen and oxygen atoms in total. The monoisotopic (exact) mass is 471 g/mol. The van der Waals surface area contributed by atoms with E-state index in [9.17, 15) is 18.3 Å². The summed E-state index contributed by atoms with van der Waals surface area (Å²) in [7, 11) is 0. The molecule has 1 aliphatic heterocycles. The van der Waals surface area contributed by atoms with Crippen molar-refractivity contribution in [2.75, 3.05) is 11.9 Å². The summed E-state index contributed by atoms with van der Waals surface area (Å²) in [6, 6.07) is 7.47. The molecule has 1 fully saturated rings. The molecule has 1 saturated carbocycles. The molecule has 12 heteroatoms. The molecule has 2 aromatic heterocycles. The van der Waals surface area contributed by atoms with Crippen molar-refractivity contribution in [1.29, 1.82) is 5.26 Å². The number of nitrogens with two attached hydrogens (primary N) is 1. The predicted octanol–water partition coefficient (Wildman–Crippen LogP) is 3.05. The first-order valence-electron chi connectivity index (χ1n) is 9.77. The minimum atomic E-state index is -3.28. The average Bonchev–Trinajstić information content (AvgIpc) is 3.30. The molecule has 5 rings (SSSR count). The third-order valence-corrected chi connectivity index (χ3v) is 7.42. The first kappa shape index (κ1) is 21.4. The molecule has 0 bridgehead atoms. The fraction of sp³-hybridized carbons (Fsp3) is 0.286. The van der Waals surface area contributed by atoms with Crippen LogP contribution in [0.4, 0.5) is 24.7 Å². The van der Waals surface area contributed by atoms with Gasteiger partial charge in [-0.25, -0.2) is 28.1 Å². The molecular formula is C21H16F3N7OS. The molecule has 0 unspecified atom stereocenters. The van der Waals surface area contributed by atoms with Crippen LogP contribution in [0.2, 0.25) is 0 Å². The largest absolute Gasteiger partial charge is 0.395 e. The Morgan fingerprint density at radius 1 is 1.27 bits per heavy atom. The third-order valence-electron chi connectivity index (χ3n) is 6.11. The first-order valence-corrected chi connectivity index (χ1v) is 10.6. The number of aromatic nitrogens is 3. The van der Waals surface area contributed by atoms with E-state index < -0.39 is 34.6 Å². The lowest BCUT2D eigenvalue weighted by atomic mass is 9.85. The van der Waals surface area contributed by atoms with Crippen molar-refractivity contribution in [2.45, 2.75) is 23.1 Å². The predicted molar refractivity (Wildman–Crippen MR) is 117 cm³/mol. The van der Waals surface area contributed by atoms with Crippen LogP contribution >= 0.6 is 11.8 Å². The molecule has 0 amide bonds. The number of hydrogen-bond acceptors (Lipinski definition) is 9. The molecule has 0 radical (unpaired) electrons. The van der Waals surface area contributed by atoms with Gasteiger partial charge in [0.1, 0.15) is 28.5 Å². The normalized spacial score (nSPS) is 27.4. The number of alkyl halides is 2. The number of fused-ring (bicyclic) bond motifs is 2. The first-order chi connectivity index (χ1) is 15.7. The van der Waals surface area contributed by atoms with Crippen LogP contribution in [0, 0.1) is 23.1 Å². The highest BCUT2D eigenvalue weighted by Crippen LogP contribution is 2.74. The summed E-state index contributed by atoms with van der Waals surface area (Å²) < 4.78 is 42.8. The Kier molecular flexibility index (Phi) is 4.56. The van der Waals surface area contributed by atoms with Crippen molar-refractivity contribution in [3.8, 4) is 6.07 Å². The highest BCUT2D eigenvalue weighted by Gasteiger charge is 2.87. The number of aliphatic imine (C=N–C) groups is 1. The summed E-state index contributed by atoms with van der Waals surface area (Å²) in [4.78, 5) is 16.7. The summed E-state index contributed by atoms with van der Waals surface area (Å²) in [5.74, 6) is -5.16. The average molecular weight is 471 g/mol. The number of nitriles is 1. The molecule has 0 saturated heterocycles. The van der Waals surface area contributed by atoms with Crippen molar-refractivity contribution in [3.05, 3.63) is 53.7 Å². The van der Waals surface area contributed by atoms with E-state index in [1.165, 1.54) is 31.6 Å². The molecule has 168 valence electrons. The van der Waals surface area contributed by atoms with E-state index in [4.69, 9.17) is 11.0 Å². The van der Waals surface area contributed by atoms with Crippen molar-refractivity contribution in [3.63, 3.8) is 0 Å². The van der Waals surface area contributed by atoms with Crippen LogP contribution in [0.15, 0.2) is 41.8 Å². The van der Waals surface area contributed by atoms with Crippen molar-refractivity contribution in [2.24, 2.45) is 16.6 Å². The highest BCUT2D eigenvalue weighted by molar-refractivity contribution is 8.15. The summed E-state index contributed by atoms with van der Waals surface area (Å²) >= 11 is 0.625. The van der Waals surface area contributed by atoms with Gasteiger partial charge in [0.15, 0.2) is 11.0 Å². The topological polar surface area (TPSA) is 133 Å². The maximum Gasteiger partial charge on any atom is 0.272 e. The van der Waals surface area contributed by atoms with Gasteiger partial charge >= 0.3 is 0 Å². The molecular weight excluding hydrogens is 455 g/mol. The molecule has 1 aliphatic carbocycles. The Bertz CT molecular complexity index is 1380. The molecule has 3 heterocycles. The Morgan fingerprint density at radius 2 is 2.06 bits per heavy atom. The number of anilines is 2. The van der Waals surface area contributed by atoms with E-state index in [1.807, 2.05) is 6.07 Å². The van der Waals surface area contributed by atoms with Gasteiger partial charge in [-0.2, -0.15) is 5.26 Å². The van der Waals surface area contributed by atoms with Gasteiger partial charge in [0, 0.05) is 17.4 Å². The summed E-state index contributed by atoms with van der Waals surface area (Å²) in [6.07, 6.45) is 2.65. The Labute approximate surface area is 189 Å². The maximum atomic E-state index is 15.0. The summed E-state index contributed by atoms with van der Waals surface area (Å²) in [5.41, 5.74) is 5.51. The fourth-order valence-electron chi connectivity index (χ4n) is 4.54. The van der Waals surface area contributed by atoms with Gasteiger partial charge in [0.05, 0.1) is 29.1 Å². The van der Waals surface area contributed by atoms with E-state index >= 15 is 0 Å². The van der Waals surface area contributed by atoms with Gasteiger partial charge in [0.2, 0.25) is 0 Å². The molecule has 33 heavy (non-hydrogen) atoms. The number of benzene rings is 1. The zero-order chi connectivity index (χ0) is 23.6. The number of pyridine rings is 1. The van der Waals surface area contributed by atoms with E-state index in [2.05, 4.69) is 25.3 Å². The van der Waals surface area contributed by atoms with Crippen LogP contribution in [0.1, 0.15) is 18.1 Å². The lowest BCUT2D eigenvalue weighted by molar-refractivity contribution is 0.0685. The van der Waals surface area contributed by atoms with Gasteiger partial charge in [-0.1, -0.05) is 11.8 Å². The van der Waals surface area contributed by atoms with Crippen molar-refractivity contribution >= 4 is 39.5 Å². The van der Waals surface area contributed by atoms with Gasteiger partial charge in [-0.05, 0) is 31.2 Å². The number of rotatable bonds is 4. The molecule has 4 N–H and O–H groups in total.